The fraction of sp³-hybridized carbons (Fsp3) is 0.167. The van der Waals surface area contributed by atoms with Gasteiger partial charge < -0.3 is 10.1 Å². The van der Waals surface area contributed by atoms with Crippen molar-refractivity contribution in [1.29, 1.82) is 0 Å². The summed E-state index contributed by atoms with van der Waals surface area (Å²) in [6.07, 6.45) is 3.61. The van der Waals surface area contributed by atoms with E-state index in [2.05, 4.69) is 15.3 Å². The van der Waals surface area contributed by atoms with Crippen molar-refractivity contribution in [2.24, 2.45) is 5.11 Å². The number of nitrogens with one attached hydrogen (secondary N) is 1. The lowest BCUT2D eigenvalue weighted by Gasteiger charge is -2.21. The van der Waals surface area contributed by atoms with Crippen LogP contribution in [0.5, 0.6) is 0 Å². The summed E-state index contributed by atoms with van der Waals surface area (Å²) in [6.45, 7) is 0. The van der Waals surface area contributed by atoms with Crippen LogP contribution in [0.4, 0.5) is 5.69 Å². The summed E-state index contributed by atoms with van der Waals surface area (Å²) in [7, 11) is 1.25. The highest BCUT2D eigenvalue weighted by Crippen LogP contribution is 2.18. The molecule has 0 aliphatic carbocycles. The molecule has 25 heavy (non-hydrogen) atoms. The lowest BCUT2D eigenvalue weighted by molar-refractivity contribution is -0.142. The monoisotopic (exact) mass is 356 g/mol. The van der Waals surface area contributed by atoms with Crippen LogP contribution in [-0.4, -0.2) is 25.2 Å². The van der Waals surface area contributed by atoms with Crippen molar-refractivity contribution >= 4 is 29.3 Å². The molecule has 0 aliphatic heterocycles. The molecule has 2 aromatic carbocycles. The van der Waals surface area contributed by atoms with E-state index in [-0.39, 0.29) is 0 Å². The molecule has 0 fully saturated rings. The molecule has 0 unspecified atom stereocenters. The number of carbonyl (C=O) groups excluding carboxylic acids is 1. The van der Waals surface area contributed by atoms with E-state index < -0.39 is 18.1 Å². The number of methoxy groups -OCH3 is 1. The second kappa shape index (κ2) is 9.37. The number of benzene rings is 2. The predicted molar refractivity (Wildman–Crippen MR) is 99.3 cm³/mol. The van der Waals surface area contributed by atoms with Gasteiger partial charge in [-0.25, -0.2) is 0 Å². The molecule has 6 nitrogen and oxygen atoms in total. The summed E-state index contributed by atoms with van der Waals surface area (Å²) in [5.41, 5.74) is 10.5. The fourth-order valence-corrected chi connectivity index (χ4v) is 2.32. The first-order valence-electron chi connectivity index (χ1n) is 7.51. The van der Waals surface area contributed by atoms with Crippen LogP contribution in [-0.2, 0) is 9.53 Å². The quantitative estimate of drug-likeness (QED) is 0.338. The van der Waals surface area contributed by atoms with E-state index in [9.17, 15) is 4.79 Å². The molecule has 0 aromatic heterocycles. The van der Waals surface area contributed by atoms with Crippen LogP contribution in [0.15, 0.2) is 65.8 Å². The minimum atomic E-state index is -1.05. The van der Waals surface area contributed by atoms with Crippen LogP contribution < -0.4 is 5.32 Å². The van der Waals surface area contributed by atoms with Gasteiger partial charge in [0.2, 0.25) is 0 Å². The molecule has 0 aliphatic rings. The van der Waals surface area contributed by atoms with Gasteiger partial charge in [0.05, 0.1) is 13.2 Å². The SMILES string of the molecule is COC(=O)[C@@H](N=[N+]=[N-])[C@H](/C=C/c1ccccc1)Nc1ccc(Cl)cc1. The summed E-state index contributed by atoms with van der Waals surface area (Å²) in [4.78, 5) is 14.8. The third-order valence-corrected chi connectivity index (χ3v) is 3.68. The van der Waals surface area contributed by atoms with Gasteiger partial charge in [-0.05, 0) is 35.4 Å². The lowest BCUT2D eigenvalue weighted by atomic mass is 10.1. The van der Waals surface area contributed by atoms with Crippen LogP contribution in [0.3, 0.4) is 0 Å². The van der Waals surface area contributed by atoms with Crippen molar-refractivity contribution in [2.75, 3.05) is 12.4 Å². The Labute approximate surface area is 150 Å². The topological polar surface area (TPSA) is 87.1 Å². The Morgan fingerprint density at radius 2 is 1.92 bits per heavy atom. The number of esters is 1. The fourth-order valence-electron chi connectivity index (χ4n) is 2.19. The van der Waals surface area contributed by atoms with Crippen molar-refractivity contribution < 1.29 is 9.53 Å². The van der Waals surface area contributed by atoms with Gasteiger partial charge >= 0.3 is 5.97 Å². The van der Waals surface area contributed by atoms with Gasteiger partial charge in [-0.2, -0.15) is 0 Å². The number of ether oxygens (including phenoxy) is 1. The number of anilines is 1. The molecule has 0 saturated heterocycles. The summed E-state index contributed by atoms with van der Waals surface area (Å²) >= 11 is 5.89. The molecule has 0 bridgehead atoms. The maximum Gasteiger partial charge on any atom is 0.317 e. The largest absolute Gasteiger partial charge is 0.469 e. The molecule has 0 spiro atoms. The Morgan fingerprint density at radius 3 is 2.52 bits per heavy atom. The van der Waals surface area contributed by atoms with Gasteiger partial charge in [-0.3, -0.25) is 4.79 Å². The first-order chi connectivity index (χ1) is 12.1. The van der Waals surface area contributed by atoms with E-state index in [1.807, 2.05) is 36.4 Å². The van der Waals surface area contributed by atoms with E-state index in [4.69, 9.17) is 21.9 Å². The standard InChI is InChI=1S/C18H17ClN4O2/c1-25-18(24)17(22-23-20)16(12-7-13-5-3-2-4-6-13)21-15-10-8-14(19)9-11-15/h2-12,16-17,21H,1H3/b12-7+/t16-,17-/m0/s1. The summed E-state index contributed by atoms with van der Waals surface area (Å²) in [5.74, 6) is -0.623. The van der Waals surface area contributed by atoms with Crippen molar-refractivity contribution in [3.8, 4) is 0 Å². The maximum absolute atomic E-state index is 12.0. The number of hydrogen-bond acceptors (Lipinski definition) is 4. The van der Waals surface area contributed by atoms with Crippen LogP contribution >= 0.6 is 11.6 Å². The zero-order chi connectivity index (χ0) is 18.1. The predicted octanol–water partition coefficient (Wildman–Crippen LogP) is 4.69. The lowest BCUT2D eigenvalue weighted by Crippen LogP contribution is -2.37. The van der Waals surface area contributed by atoms with E-state index >= 15 is 0 Å². The average molecular weight is 357 g/mol. The summed E-state index contributed by atoms with van der Waals surface area (Å²) in [5, 5.41) is 7.35. The summed E-state index contributed by atoms with van der Waals surface area (Å²) < 4.78 is 4.76. The Morgan fingerprint density at radius 1 is 1.24 bits per heavy atom. The molecule has 0 amide bonds. The molecule has 0 radical (unpaired) electrons. The number of halogens is 1. The van der Waals surface area contributed by atoms with Gasteiger partial charge in [0.15, 0.2) is 6.04 Å². The normalized spacial score (nSPS) is 12.9. The molecular weight excluding hydrogens is 340 g/mol. The Hall–Kier alpha value is -2.95. The van der Waals surface area contributed by atoms with Gasteiger partial charge in [0.25, 0.3) is 0 Å². The van der Waals surface area contributed by atoms with Crippen LogP contribution in [0.25, 0.3) is 16.5 Å². The first-order valence-corrected chi connectivity index (χ1v) is 7.89. The molecule has 1 N–H and O–H groups in total. The van der Waals surface area contributed by atoms with E-state index in [1.165, 1.54) is 7.11 Å². The average Bonchev–Trinajstić information content (AvgIpc) is 2.65. The van der Waals surface area contributed by atoms with Crippen LogP contribution in [0.2, 0.25) is 5.02 Å². The minimum Gasteiger partial charge on any atom is -0.469 e. The Kier molecular flexibility index (Phi) is 6.89. The Balaban J connectivity index is 2.31. The number of rotatable bonds is 7. The number of azide groups is 1. The Bertz CT molecular complexity index is 771. The maximum atomic E-state index is 12.0. The highest BCUT2D eigenvalue weighted by Gasteiger charge is 2.26. The third kappa shape index (κ3) is 5.57. The number of hydrogen-bond donors (Lipinski definition) is 1. The van der Waals surface area contributed by atoms with Crippen LogP contribution in [0, 0.1) is 0 Å². The molecule has 2 aromatic rings. The van der Waals surface area contributed by atoms with E-state index in [0.29, 0.717) is 5.02 Å². The highest BCUT2D eigenvalue weighted by atomic mass is 35.5. The number of nitrogens with zero attached hydrogens (tertiary/aromatic N) is 3. The molecule has 7 heteroatoms. The number of carbonyl (C=O) groups is 1. The third-order valence-electron chi connectivity index (χ3n) is 3.43. The highest BCUT2D eigenvalue weighted by molar-refractivity contribution is 6.30. The molecule has 2 atom stereocenters. The summed E-state index contributed by atoms with van der Waals surface area (Å²) in [6, 6.07) is 14.9. The second-order valence-corrected chi connectivity index (χ2v) is 5.56. The van der Waals surface area contributed by atoms with Crippen molar-refractivity contribution in [2.45, 2.75) is 12.1 Å². The zero-order valence-corrected chi connectivity index (χ0v) is 14.3. The minimum absolute atomic E-state index is 0.593. The van der Waals surface area contributed by atoms with Gasteiger partial charge in [0.1, 0.15) is 0 Å². The molecular formula is C18H17ClN4O2. The molecule has 0 saturated carbocycles. The van der Waals surface area contributed by atoms with Gasteiger partial charge in [-0.1, -0.05) is 59.2 Å². The smallest absolute Gasteiger partial charge is 0.317 e. The first kappa shape index (κ1) is 18.4. The van der Waals surface area contributed by atoms with Gasteiger partial charge in [0, 0.05) is 15.6 Å². The van der Waals surface area contributed by atoms with Gasteiger partial charge in [-0.15, -0.1) is 0 Å². The van der Waals surface area contributed by atoms with E-state index in [1.54, 1.807) is 30.3 Å². The molecule has 0 heterocycles. The molecule has 128 valence electrons. The van der Waals surface area contributed by atoms with Crippen molar-refractivity contribution in [3.63, 3.8) is 0 Å². The van der Waals surface area contributed by atoms with Crippen LogP contribution in [0.1, 0.15) is 5.56 Å². The van der Waals surface area contributed by atoms with Crippen molar-refractivity contribution in [3.05, 3.63) is 81.7 Å². The zero-order valence-electron chi connectivity index (χ0n) is 13.5. The van der Waals surface area contributed by atoms with E-state index in [0.717, 1.165) is 11.3 Å². The molecule has 2 rings (SSSR count). The van der Waals surface area contributed by atoms with Crippen molar-refractivity contribution in [1.82, 2.24) is 0 Å². The second-order valence-electron chi connectivity index (χ2n) is 5.12.